The van der Waals surface area contributed by atoms with E-state index in [4.69, 9.17) is 4.52 Å². The van der Waals surface area contributed by atoms with Gasteiger partial charge in [0.1, 0.15) is 17.4 Å². The number of carbonyl (C=O) groups excluding carboxylic acids is 1. The van der Waals surface area contributed by atoms with Gasteiger partial charge in [0.05, 0.1) is 20.1 Å². The van der Waals surface area contributed by atoms with Crippen LogP contribution in [0.15, 0.2) is 76.5 Å². The number of nitrogens with zero attached hydrogens (tertiary/aromatic N) is 3. The van der Waals surface area contributed by atoms with E-state index >= 15 is 0 Å². The number of pyridine rings is 1. The van der Waals surface area contributed by atoms with Crippen LogP contribution in [0.3, 0.4) is 0 Å². The van der Waals surface area contributed by atoms with Gasteiger partial charge in [-0.1, -0.05) is 60.7 Å². The average molecular weight is 435 g/mol. The number of rotatable bonds is 5. The van der Waals surface area contributed by atoms with E-state index in [1.54, 1.807) is 0 Å². The normalized spacial score (nSPS) is 14.5. The Labute approximate surface area is 179 Å². The van der Waals surface area contributed by atoms with Crippen LogP contribution in [0.25, 0.3) is 0 Å². The molecule has 1 aliphatic rings. The molecule has 2 aromatic carbocycles. The summed E-state index contributed by atoms with van der Waals surface area (Å²) in [4.78, 5) is 41.2. The Morgan fingerprint density at radius 2 is 1.68 bits per heavy atom. The summed E-state index contributed by atoms with van der Waals surface area (Å²) in [7, 11) is 1.86. The summed E-state index contributed by atoms with van der Waals surface area (Å²) in [5, 5.41) is 11.7. The summed E-state index contributed by atoms with van der Waals surface area (Å²) in [5.74, 6) is -0.646. The average Bonchev–Trinajstić information content (AvgIpc) is 3.24. The van der Waals surface area contributed by atoms with Gasteiger partial charge in [-0.05, 0) is 12.8 Å². The second kappa shape index (κ2) is 8.62. The van der Waals surface area contributed by atoms with Crippen LogP contribution < -0.4 is 5.56 Å². The van der Waals surface area contributed by atoms with Crippen molar-refractivity contribution >= 4 is 32.5 Å². The lowest BCUT2D eigenvalue weighted by molar-refractivity contribution is -0.386. The van der Waals surface area contributed by atoms with Crippen LogP contribution >= 0.6 is 9.47 Å². The van der Waals surface area contributed by atoms with Crippen molar-refractivity contribution in [1.29, 1.82) is 0 Å². The lowest BCUT2D eigenvalue weighted by Gasteiger charge is -2.13. The topological polar surface area (TPSA) is 104 Å². The van der Waals surface area contributed by atoms with E-state index in [2.05, 4.69) is 4.99 Å². The van der Waals surface area contributed by atoms with E-state index < -0.39 is 22.5 Å². The first kappa shape index (κ1) is 20.6. The fourth-order valence-electron chi connectivity index (χ4n) is 3.77. The van der Waals surface area contributed by atoms with Crippen molar-refractivity contribution < 1.29 is 14.2 Å². The molecule has 3 aromatic rings. The molecule has 1 aromatic heterocycles. The number of hydrogen-bond acceptors (Lipinski definition) is 6. The number of hydrogen-bond donors (Lipinski definition) is 0. The van der Waals surface area contributed by atoms with Gasteiger partial charge in [0, 0.05) is 17.2 Å². The lowest BCUT2D eigenvalue weighted by Crippen LogP contribution is -2.28. The van der Waals surface area contributed by atoms with Gasteiger partial charge < -0.3 is 4.52 Å². The van der Waals surface area contributed by atoms with Gasteiger partial charge in [-0.15, -0.1) is 0 Å². The Morgan fingerprint density at radius 3 is 2.19 bits per heavy atom. The molecule has 1 aliphatic heterocycles. The van der Waals surface area contributed by atoms with Gasteiger partial charge in [0.15, 0.2) is 0 Å². The number of benzene rings is 2. The maximum absolute atomic E-state index is 13.3. The predicted octanol–water partition coefficient (Wildman–Crippen LogP) is 3.75. The molecule has 0 saturated heterocycles. The van der Waals surface area contributed by atoms with Crippen LogP contribution in [0.5, 0.6) is 0 Å². The van der Waals surface area contributed by atoms with Gasteiger partial charge in [-0.25, -0.2) is 9.79 Å². The van der Waals surface area contributed by atoms with Gasteiger partial charge >= 0.3 is 5.97 Å². The maximum atomic E-state index is 13.3. The fourth-order valence-corrected chi connectivity index (χ4v) is 3.93. The highest BCUT2D eigenvalue weighted by atomic mass is 31.0. The molecule has 0 aliphatic carbocycles. The smallest absolute Gasteiger partial charge is 0.331 e. The molecule has 8 nitrogen and oxygen atoms in total. The molecule has 0 bridgehead atoms. The Balaban J connectivity index is 1.97. The highest BCUT2D eigenvalue weighted by Crippen LogP contribution is 2.34. The van der Waals surface area contributed by atoms with Gasteiger partial charge in [0.25, 0.3) is 11.2 Å². The summed E-state index contributed by atoms with van der Waals surface area (Å²) in [6.07, 6.45) is 0.477. The third kappa shape index (κ3) is 3.90. The third-order valence-corrected chi connectivity index (χ3v) is 5.41. The molecule has 0 N–H and O–H groups in total. The van der Waals surface area contributed by atoms with Crippen LogP contribution in [0.2, 0.25) is 0 Å². The molecule has 156 valence electrons. The minimum Gasteiger partial charge on any atom is -0.450 e. The number of nitro groups is 1. The zero-order valence-corrected chi connectivity index (χ0v) is 17.5. The second-order valence-corrected chi connectivity index (χ2v) is 7.21. The van der Waals surface area contributed by atoms with E-state index in [9.17, 15) is 19.7 Å². The van der Waals surface area contributed by atoms with Gasteiger partial charge in [-0.2, -0.15) is 0 Å². The molecular formula is C22H18N3O5P. The van der Waals surface area contributed by atoms with E-state index in [0.29, 0.717) is 5.71 Å². The first-order valence-electron chi connectivity index (χ1n) is 9.54. The summed E-state index contributed by atoms with van der Waals surface area (Å²) in [6, 6.07) is 18.8. The van der Waals surface area contributed by atoms with Crippen molar-refractivity contribution in [3.05, 3.63) is 104 Å². The van der Waals surface area contributed by atoms with Crippen molar-refractivity contribution in [3.8, 4) is 0 Å². The Morgan fingerprint density at radius 1 is 1.10 bits per heavy atom. The van der Waals surface area contributed by atoms with Crippen LogP contribution in [-0.2, 0) is 15.7 Å². The van der Waals surface area contributed by atoms with Crippen LogP contribution in [0.4, 0.5) is 11.4 Å². The molecule has 0 amide bonds. The minimum atomic E-state index is -0.925. The van der Waals surface area contributed by atoms with E-state index in [1.807, 2.05) is 70.1 Å². The zero-order valence-electron chi connectivity index (χ0n) is 16.3. The van der Waals surface area contributed by atoms with Crippen molar-refractivity contribution in [3.63, 3.8) is 0 Å². The first-order valence-corrected chi connectivity index (χ1v) is 10.0. The summed E-state index contributed by atoms with van der Waals surface area (Å²) in [6.45, 7) is 0. The van der Waals surface area contributed by atoms with E-state index in [0.717, 1.165) is 15.7 Å². The van der Waals surface area contributed by atoms with Crippen molar-refractivity contribution in [2.75, 3.05) is 0 Å². The second-order valence-electron chi connectivity index (χ2n) is 6.98. The van der Waals surface area contributed by atoms with Crippen LogP contribution in [0, 0.1) is 10.1 Å². The number of fused-ring (bicyclic) bond motifs is 1. The summed E-state index contributed by atoms with van der Waals surface area (Å²) in [5.41, 5.74) is 1.29. The highest BCUT2D eigenvalue weighted by Gasteiger charge is 2.36. The van der Waals surface area contributed by atoms with Gasteiger partial charge in [0.2, 0.25) is 0 Å². The molecule has 4 rings (SSSR count). The number of carbonyl (C=O) groups is 1. The first-order chi connectivity index (χ1) is 15.0. The molecule has 9 heteroatoms. The van der Waals surface area contributed by atoms with E-state index in [1.165, 1.54) is 6.07 Å². The minimum absolute atomic E-state index is 0.110. The Hall–Kier alpha value is -3.64. The van der Waals surface area contributed by atoms with Crippen molar-refractivity contribution in [1.82, 2.24) is 4.57 Å². The molecule has 0 saturated carbocycles. The molecule has 31 heavy (non-hydrogen) atoms. The largest absolute Gasteiger partial charge is 0.450 e. The molecule has 2 unspecified atom stereocenters. The third-order valence-electron chi connectivity index (χ3n) is 5.18. The molecule has 0 fully saturated rings. The quantitative estimate of drug-likeness (QED) is 0.263. The Bertz CT molecular complexity index is 1200. The standard InChI is InChI=1S/C22H18N3O5P/c26-21-16(13-19(25(28)29)17-11-12-18(24(17)21)22(27)30-31)23-20(14-7-3-1-4-8-14)15-9-5-2-6-10-15/h1-10,13,18H,11-12,31H2. The number of aliphatic imine (C=N–C) groups is 1. The SMILES string of the molecule is O=C(OP)C1CCc2c([N+](=O)[O-])cc(N=C(c3ccccc3)c3ccccc3)c(=O)n21. The summed E-state index contributed by atoms with van der Waals surface area (Å²) >= 11 is 0. The predicted molar refractivity (Wildman–Crippen MR) is 119 cm³/mol. The zero-order chi connectivity index (χ0) is 22.0. The number of aromatic nitrogens is 1. The van der Waals surface area contributed by atoms with E-state index in [-0.39, 0.29) is 29.9 Å². The van der Waals surface area contributed by atoms with Crippen LogP contribution in [0.1, 0.15) is 29.3 Å². The molecule has 2 heterocycles. The maximum Gasteiger partial charge on any atom is 0.331 e. The van der Waals surface area contributed by atoms with Gasteiger partial charge in [-0.3, -0.25) is 19.5 Å². The molecule has 0 radical (unpaired) electrons. The summed E-state index contributed by atoms with van der Waals surface area (Å²) < 4.78 is 5.87. The van der Waals surface area contributed by atoms with Crippen molar-refractivity contribution in [2.45, 2.75) is 18.9 Å². The highest BCUT2D eigenvalue weighted by molar-refractivity contribution is 7.10. The van der Waals surface area contributed by atoms with Crippen LogP contribution in [-0.4, -0.2) is 21.2 Å². The monoisotopic (exact) mass is 435 g/mol. The molecule has 0 spiro atoms. The Kier molecular flexibility index (Phi) is 5.73. The lowest BCUT2D eigenvalue weighted by atomic mass is 10.0. The molecule has 2 atom stereocenters. The molecular weight excluding hydrogens is 417 g/mol. The fraction of sp³-hybridized carbons (Fsp3) is 0.136. The van der Waals surface area contributed by atoms with Crippen molar-refractivity contribution in [2.24, 2.45) is 4.99 Å².